The fourth-order valence-corrected chi connectivity index (χ4v) is 6.47. The van der Waals surface area contributed by atoms with Crippen LogP contribution < -0.4 is 0 Å². The number of nitrogens with zero attached hydrogens (tertiary/aromatic N) is 1. The average Bonchev–Trinajstić information content (AvgIpc) is 2.40. The van der Waals surface area contributed by atoms with Crippen LogP contribution in [0.25, 0.3) is 0 Å². The number of hydrogen-bond donors (Lipinski definition) is 1. The number of hydrogen-bond acceptors (Lipinski definition) is 3. The van der Waals surface area contributed by atoms with Crippen LogP contribution in [0.5, 0.6) is 0 Å². The molecule has 6 heteroatoms. The van der Waals surface area contributed by atoms with Gasteiger partial charge in [-0.25, -0.2) is 4.79 Å². The monoisotopic (exact) mass is 515 g/mol. The van der Waals surface area contributed by atoms with E-state index in [1.165, 1.54) is 6.42 Å². The van der Waals surface area contributed by atoms with E-state index in [4.69, 9.17) is 9.41 Å². The number of aromatic carboxylic acids is 1. The molecule has 28 heavy (non-hydrogen) atoms. The Hall–Kier alpha value is -0.473. The Labute approximate surface area is 184 Å². The van der Waals surface area contributed by atoms with Crippen LogP contribution >= 0.6 is 22.6 Å². The quantitative estimate of drug-likeness (QED) is 0.359. The van der Waals surface area contributed by atoms with E-state index in [0.29, 0.717) is 11.5 Å². The van der Waals surface area contributed by atoms with Crippen molar-refractivity contribution in [1.29, 1.82) is 0 Å². The third-order valence-electron chi connectivity index (χ3n) is 6.93. The fraction of sp³-hybridized carbons (Fsp3) is 0.727. The second-order valence-corrected chi connectivity index (χ2v) is 16.7. The summed E-state index contributed by atoms with van der Waals surface area (Å²) in [5, 5.41) is 10.1. The normalized spacial score (nSPS) is 22.5. The van der Waals surface area contributed by atoms with Crippen molar-refractivity contribution in [2.45, 2.75) is 96.9 Å². The Bertz CT molecular complexity index is 794. The Morgan fingerprint density at radius 1 is 1.29 bits per heavy atom. The van der Waals surface area contributed by atoms with Crippen molar-refractivity contribution in [1.82, 2.24) is 4.98 Å². The number of pyridine rings is 1. The lowest BCUT2D eigenvalue weighted by atomic mass is 9.73. The van der Waals surface area contributed by atoms with Gasteiger partial charge in [-0.3, -0.25) is 4.98 Å². The van der Waals surface area contributed by atoms with Crippen LogP contribution in [0.2, 0.25) is 18.1 Å². The summed E-state index contributed by atoms with van der Waals surface area (Å²) in [6, 6.07) is 0. The fourth-order valence-electron chi connectivity index (χ4n) is 4.04. The Morgan fingerprint density at radius 3 is 2.36 bits per heavy atom. The van der Waals surface area contributed by atoms with Crippen molar-refractivity contribution < 1.29 is 14.3 Å². The van der Waals surface area contributed by atoms with Gasteiger partial charge in [-0.15, -0.1) is 0 Å². The van der Waals surface area contributed by atoms with Crippen molar-refractivity contribution in [3.63, 3.8) is 0 Å². The number of fused-ring (bicyclic) bond motifs is 1. The van der Waals surface area contributed by atoms with Crippen LogP contribution in [-0.4, -0.2) is 24.4 Å². The molecule has 2 aliphatic rings. The molecule has 0 spiro atoms. The molecule has 1 aromatic rings. The van der Waals surface area contributed by atoms with Crippen molar-refractivity contribution in [3.05, 3.63) is 26.1 Å². The average molecular weight is 516 g/mol. The molecule has 0 aliphatic heterocycles. The molecule has 156 valence electrons. The Balaban J connectivity index is 2.14. The maximum Gasteiger partial charge on any atom is 0.338 e. The van der Waals surface area contributed by atoms with Crippen LogP contribution in [0.3, 0.4) is 0 Å². The van der Waals surface area contributed by atoms with E-state index in [2.05, 4.69) is 70.3 Å². The maximum absolute atomic E-state index is 12.2. The molecule has 0 aromatic carbocycles. The van der Waals surface area contributed by atoms with Gasteiger partial charge in [0, 0.05) is 20.7 Å². The third-order valence-corrected chi connectivity index (χ3v) is 12.5. The third kappa shape index (κ3) is 4.06. The summed E-state index contributed by atoms with van der Waals surface area (Å²) in [7, 11) is -2.00. The molecule has 0 bridgehead atoms. The van der Waals surface area contributed by atoms with E-state index in [9.17, 15) is 9.90 Å². The van der Waals surface area contributed by atoms with Crippen molar-refractivity contribution in [3.8, 4) is 0 Å². The van der Waals surface area contributed by atoms with Crippen molar-refractivity contribution in [2.75, 3.05) is 0 Å². The van der Waals surface area contributed by atoms with E-state index in [1.54, 1.807) is 0 Å². The largest absolute Gasteiger partial charge is 0.478 e. The van der Waals surface area contributed by atoms with E-state index >= 15 is 0 Å². The van der Waals surface area contributed by atoms with Gasteiger partial charge >= 0.3 is 5.97 Å². The van der Waals surface area contributed by atoms with Crippen molar-refractivity contribution in [2.24, 2.45) is 5.41 Å². The van der Waals surface area contributed by atoms with Gasteiger partial charge in [-0.1, -0.05) is 41.0 Å². The smallest absolute Gasteiger partial charge is 0.338 e. The van der Waals surface area contributed by atoms with Gasteiger partial charge in [0.15, 0.2) is 8.32 Å². The lowest BCUT2D eigenvalue weighted by Crippen LogP contribution is -2.44. The van der Waals surface area contributed by atoms with Gasteiger partial charge in [0.1, 0.15) is 0 Å². The number of carbonyl (C=O) groups is 1. The predicted molar refractivity (Wildman–Crippen MR) is 124 cm³/mol. The molecule has 1 N–H and O–H groups in total. The summed E-state index contributed by atoms with van der Waals surface area (Å²) in [6.45, 7) is 15.9. The van der Waals surface area contributed by atoms with Crippen molar-refractivity contribution >= 4 is 36.9 Å². The molecule has 1 heterocycles. The molecular formula is C22H34INO3Si. The molecule has 1 fully saturated rings. The minimum Gasteiger partial charge on any atom is -0.478 e. The maximum atomic E-state index is 12.2. The minimum atomic E-state index is -2.00. The molecule has 1 aromatic heterocycles. The molecule has 1 unspecified atom stereocenters. The highest BCUT2D eigenvalue weighted by atomic mass is 127. The van der Waals surface area contributed by atoms with Crippen LogP contribution in [0.4, 0.5) is 0 Å². The van der Waals surface area contributed by atoms with Gasteiger partial charge in [0.25, 0.3) is 0 Å². The predicted octanol–water partition coefficient (Wildman–Crippen LogP) is 6.69. The summed E-state index contributed by atoms with van der Waals surface area (Å²) < 4.78 is 7.72. The number of aromatic nitrogens is 1. The summed E-state index contributed by atoms with van der Waals surface area (Å²) in [5.41, 5.74) is 3.44. The number of halogens is 1. The zero-order valence-corrected chi connectivity index (χ0v) is 21.4. The first-order chi connectivity index (χ1) is 12.7. The Morgan fingerprint density at radius 2 is 1.89 bits per heavy atom. The number of rotatable bonds is 4. The second kappa shape index (κ2) is 7.34. The first kappa shape index (κ1) is 22.2. The first-order valence-electron chi connectivity index (χ1n) is 10.4. The van der Waals surface area contributed by atoms with E-state index in [1.807, 2.05) is 0 Å². The zero-order chi connectivity index (χ0) is 21.1. The lowest BCUT2D eigenvalue weighted by molar-refractivity contribution is 0.0690. The van der Waals surface area contributed by atoms with E-state index < -0.39 is 14.3 Å². The van der Waals surface area contributed by atoms with Gasteiger partial charge in [0.2, 0.25) is 0 Å². The molecule has 0 radical (unpaired) electrons. The molecule has 3 rings (SSSR count). The molecule has 2 aliphatic carbocycles. The SMILES string of the molecule is CC1(C)Cc2nc(C3CCC3)c(C(=O)O)c(I)c2C(O[Si](C)(C)C(C)(C)C)C1. The van der Waals surface area contributed by atoms with E-state index in [0.717, 1.165) is 46.2 Å². The molecule has 0 amide bonds. The number of carboxylic acids is 1. The topological polar surface area (TPSA) is 59.4 Å². The van der Waals surface area contributed by atoms with Crippen LogP contribution in [0.1, 0.15) is 99.6 Å². The summed E-state index contributed by atoms with van der Waals surface area (Å²) >= 11 is 2.25. The van der Waals surface area contributed by atoms with Crippen LogP contribution in [-0.2, 0) is 10.8 Å². The van der Waals surface area contributed by atoms with Gasteiger partial charge in [-0.2, -0.15) is 0 Å². The van der Waals surface area contributed by atoms with Gasteiger partial charge < -0.3 is 9.53 Å². The standard InChI is InChI=1S/C22H34INO3Si/c1-21(2,3)28(6,7)27-15-12-22(4,5)11-14-16(15)18(23)17(20(25)26)19(24-14)13-9-8-10-13/h13,15H,8-12H2,1-7H3,(H,25,26). The lowest BCUT2D eigenvalue weighted by Gasteiger charge is -2.44. The summed E-state index contributed by atoms with van der Waals surface area (Å²) in [5.74, 6) is -0.549. The summed E-state index contributed by atoms with van der Waals surface area (Å²) in [6.07, 6.45) is 4.99. The highest BCUT2D eigenvalue weighted by molar-refractivity contribution is 14.1. The van der Waals surface area contributed by atoms with Crippen LogP contribution in [0, 0.1) is 8.99 Å². The highest BCUT2D eigenvalue weighted by Crippen LogP contribution is 2.50. The Kier molecular flexibility index (Phi) is 5.82. The minimum absolute atomic E-state index is 0.0763. The van der Waals surface area contributed by atoms with Crippen LogP contribution in [0.15, 0.2) is 0 Å². The van der Waals surface area contributed by atoms with Gasteiger partial charge in [-0.05, 0) is 71.8 Å². The molecule has 4 nitrogen and oxygen atoms in total. The number of carboxylic acid groups (broad SMARTS) is 1. The first-order valence-corrected chi connectivity index (χ1v) is 14.4. The summed E-state index contributed by atoms with van der Waals surface area (Å²) in [4.78, 5) is 17.2. The highest BCUT2D eigenvalue weighted by Gasteiger charge is 2.44. The molecular weight excluding hydrogens is 481 g/mol. The molecule has 1 atom stereocenters. The molecule has 0 saturated heterocycles. The van der Waals surface area contributed by atoms with Gasteiger partial charge in [0.05, 0.1) is 17.4 Å². The second-order valence-electron chi connectivity index (χ2n) is 10.9. The zero-order valence-electron chi connectivity index (χ0n) is 18.3. The van der Waals surface area contributed by atoms with E-state index in [-0.39, 0.29) is 16.6 Å². The molecule has 1 saturated carbocycles.